The maximum Gasteiger partial charge on any atom is 0.113 e. The number of hydrogen-bond donors (Lipinski definition) is 1. The number of aliphatic hydroxyl groups excluding tert-OH is 1. The van der Waals surface area contributed by atoms with Gasteiger partial charge < -0.3 is 14.6 Å². The molecule has 1 N–H and O–H groups in total. The summed E-state index contributed by atoms with van der Waals surface area (Å²) in [7, 11) is 0. The smallest absolute Gasteiger partial charge is 0.113 e. The van der Waals surface area contributed by atoms with Crippen LogP contribution in [0.25, 0.3) is 0 Å². The Hall–Kier alpha value is 0.350. The molecule has 2 saturated heterocycles. The van der Waals surface area contributed by atoms with Gasteiger partial charge in [0.05, 0.1) is 12.2 Å². The lowest BCUT2D eigenvalue weighted by atomic mass is 10.1. The van der Waals surface area contributed by atoms with E-state index in [1.54, 1.807) is 0 Å². The summed E-state index contributed by atoms with van der Waals surface area (Å²) in [5, 5.41) is 9.80. The van der Waals surface area contributed by atoms with Crippen LogP contribution in [-0.4, -0.2) is 35.6 Å². The predicted molar refractivity (Wildman–Crippen MR) is 56.8 cm³/mol. The van der Waals surface area contributed by atoms with Crippen LogP contribution in [0, 0.1) is 0 Å². The van der Waals surface area contributed by atoms with Gasteiger partial charge in [0.15, 0.2) is 0 Å². The van der Waals surface area contributed by atoms with Crippen molar-refractivity contribution in [2.75, 3.05) is 0 Å². The van der Waals surface area contributed by atoms with Crippen molar-refractivity contribution < 1.29 is 14.6 Å². The fourth-order valence-electron chi connectivity index (χ4n) is 2.01. The fourth-order valence-corrected chi connectivity index (χ4v) is 2.42. The summed E-state index contributed by atoms with van der Waals surface area (Å²) in [5.74, 6) is 0. The molecule has 2 aliphatic heterocycles. The average molecular weight is 296 g/mol. The Kier molecular flexibility index (Phi) is 2.92. The van der Waals surface area contributed by atoms with Crippen LogP contribution in [0.2, 0.25) is 0 Å². The van der Waals surface area contributed by atoms with E-state index in [-0.39, 0.29) is 24.4 Å². The van der Waals surface area contributed by atoms with Crippen molar-refractivity contribution in [3.05, 3.63) is 10.2 Å². The second kappa shape index (κ2) is 3.84. The van der Waals surface area contributed by atoms with Gasteiger partial charge in [-0.1, -0.05) is 22.6 Å². The zero-order chi connectivity index (χ0) is 9.42. The standard InChI is InChI=1S/C9H13IO3/c1-5-4-7-9(12-5)8(11)6(13-7)2-3-10/h2-3,5-9,11H,4H2,1H3/b3-2+/t5-,6+,7-,8-,9+/m1/s1. The molecule has 2 rings (SSSR count). The first-order valence-electron chi connectivity index (χ1n) is 4.48. The van der Waals surface area contributed by atoms with Crippen molar-refractivity contribution in [3.8, 4) is 0 Å². The third-order valence-corrected chi connectivity index (χ3v) is 3.00. The molecule has 13 heavy (non-hydrogen) atoms. The van der Waals surface area contributed by atoms with Gasteiger partial charge in [0.2, 0.25) is 0 Å². The summed E-state index contributed by atoms with van der Waals surface area (Å²) in [4.78, 5) is 0. The lowest BCUT2D eigenvalue weighted by Gasteiger charge is -2.14. The first kappa shape index (κ1) is 9.89. The first-order valence-corrected chi connectivity index (χ1v) is 5.73. The normalized spacial score (nSPS) is 50.2. The van der Waals surface area contributed by atoms with Crippen molar-refractivity contribution in [2.24, 2.45) is 0 Å². The second-order valence-corrected chi connectivity index (χ2v) is 4.31. The minimum Gasteiger partial charge on any atom is -0.387 e. The highest BCUT2D eigenvalue weighted by Gasteiger charge is 2.48. The van der Waals surface area contributed by atoms with E-state index in [4.69, 9.17) is 9.47 Å². The highest BCUT2D eigenvalue weighted by molar-refractivity contribution is 14.1. The fraction of sp³-hybridized carbons (Fsp3) is 0.778. The molecule has 2 fully saturated rings. The minimum absolute atomic E-state index is 0.0857. The number of hydrogen-bond acceptors (Lipinski definition) is 3. The van der Waals surface area contributed by atoms with Crippen molar-refractivity contribution in [2.45, 2.75) is 43.9 Å². The number of halogens is 1. The lowest BCUT2D eigenvalue weighted by molar-refractivity contribution is -0.0216. The van der Waals surface area contributed by atoms with Crippen LogP contribution >= 0.6 is 22.6 Å². The van der Waals surface area contributed by atoms with Crippen molar-refractivity contribution in [3.63, 3.8) is 0 Å². The molecule has 0 amide bonds. The van der Waals surface area contributed by atoms with E-state index in [9.17, 15) is 5.11 Å². The van der Waals surface area contributed by atoms with Crippen molar-refractivity contribution >= 4 is 22.6 Å². The summed E-state index contributed by atoms with van der Waals surface area (Å²) < 4.78 is 13.1. The Balaban J connectivity index is 2.04. The summed E-state index contributed by atoms with van der Waals surface area (Å²) in [6.45, 7) is 2.01. The summed E-state index contributed by atoms with van der Waals surface area (Å²) >= 11 is 2.12. The van der Waals surface area contributed by atoms with Gasteiger partial charge in [0.1, 0.15) is 18.3 Å². The van der Waals surface area contributed by atoms with Gasteiger partial charge in [-0.05, 0) is 17.1 Å². The van der Waals surface area contributed by atoms with E-state index in [2.05, 4.69) is 22.6 Å². The van der Waals surface area contributed by atoms with Crippen molar-refractivity contribution in [1.29, 1.82) is 0 Å². The summed E-state index contributed by atoms with van der Waals surface area (Å²) in [6.07, 6.45) is 2.27. The van der Waals surface area contributed by atoms with Crippen LogP contribution in [-0.2, 0) is 9.47 Å². The predicted octanol–water partition coefficient (Wildman–Crippen LogP) is 1.24. The highest BCUT2D eigenvalue weighted by Crippen LogP contribution is 2.34. The average Bonchev–Trinajstić information content (AvgIpc) is 2.54. The molecule has 0 unspecified atom stereocenters. The quantitative estimate of drug-likeness (QED) is 0.740. The second-order valence-electron chi connectivity index (χ2n) is 3.60. The third kappa shape index (κ3) is 1.77. The number of aliphatic hydroxyl groups is 1. The topological polar surface area (TPSA) is 38.7 Å². The van der Waals surface area contributed by atoms with Crippen LogP contribution in [0.4, 0.5) is 0 Å². The molecule has 74 valence electrons. The van der Waals surface area contributed by atoms with Crippen LogP contribution in [0.15, 0.2) is 10.2 Å². The molecule has 0 aromatic carbocycles. The largest absolute Gasteiger partial charge is 0.387 e. The molecule has 2 heterocycles. The molecule has 0 aromatic heterocycles. The van der Waals surface area contributed by atoms with Gasteiger partial charge in [-0.25, -0.2) is 0 Å². The molecular weight excluding hydrogens is 283 g/mol. The van der Waals surface area contributed by atoms with E-state index in [0.29, 0.717) is 0 Å². The SMILES string of the molecule is C[C@@H]1C[C@H]2O[C@@H](/C=C/I)[C@@H](O)[C@H]2O1. The maximum absolute atomic E-state index is 9.80. The lowest BCUT2D eigenvalue weighted by Crippen LogP contribution is -2.31. The molecule has 5 atom stereocenters. The Bertz CT molecular complexity index is 219. The van der Waals surface area contributed by atoms with Crippen LogP contribution in [0.1, 0.15) is 13.3 Å². The molecule has 0 aromatic rings. The Morgan fingerprint density at radius 3 is 2.85 bits per heavy atom. The van der Waals surface area contributed by atoms with E-state index in [1.807, 2.05) is 17.1 Å². The monoisotopic (exact) mass is 296 g/mol. The zero-order valence-corrected chi connectivity index (χ0v) is 9.55. The number of rotatable bonds is 1. The van der Waals surface area contributed by atoms with E-state index < -0.39 is 6.10 Å². The van der Waals surface area contributed by atoms with Crippen LogP contribution in [0.3, 0.4) is 0 Å². The number of ether oxygens (including phenoxy) is 2. The Labute approximate surface area is 91.2 Å². The summed E-state index contributed by atoms with van der Waals surface area (Å²) in [5.41, 5.74) is 0. The highest BCUT2D eigenvalue weighted by atomic mass is 127. The molecule has 3 nitrogen and oxygen atoms in total. The zero-order valence-electron chi connectivity index (χ0n) is 7.39. The van der Waals surface area contributed by atoms with Gasteiger partial charge in [-0.15, -0.1) is 0 Å². The van der Waals surface area contributed by atoms with Crippen LogP contribution < -0.4 is 0 Å². The van der Waals surface area contributed by atoms with E-state index in [1.165, 1.54) is 0 Å². The number of fused-ring (bicyclic) bond motifs is 1. The van der Waals surface area contributed by atoms with Gasteiger partial charge >= 0.3 is 0 Å². The van der Waals surface area contributed by atoms with Crippen LogP contribution in [0.5, 0.6) is 0 Å². The van der Waals surface area contributed by atoms with Gasteiger partial charge in [-0.3, -0.25) is 0 Å². The van der Waals surface area contributed by atoms with E-state index in [0.717, 1.165) is 6.42 Å². The minimum atomic E-state index is -0.499. The van der Waals surface area contributed by atoms with Crippen molar-refractivity contribution in [1.82, 2.24) is 0 Å². The molecule has 0 radical (unpaired) electrons. The molecule has 0 aliphatic carbocycles. The molecule has 0 bridgehead atoms. The van der Waals surface area contributed by atoms with Gasteiger partial charge in [0.25, 0.3) is 0 Å². The van der Waals surface area contributed by atoms with Gasteiger partial charge in [0, 0.05) is 6.42 Å². The Morgan fingerprint density at radius 2 is 2.23 bits per heavy atom. The maximum atomic E-state index is 9.80. The Morgan fingerprint density at radius 1 is 1.46 bits per heavy atom. The first-order chi connectivity index (χ1) is 6.22. The molecule has 0 saturated carbocycles. The molecule has 0 spiro atoms. The molecular formula is C9H13IO3. The molecule has 2 aliphatic rings. The van der Waals surface area contributed by atoms with E-state index >= 15 is 0 Å². The third-order valence-electron chi connectivity index (χ3n) is 2.59. The van der Waals surface area contributed by atoms with Gasteiger partial charge in [-0.2, -0.15) is 0 Å². The summed E-state index contributed by atoms with van der Waals surface area (Å²) in [6, 6.07) is 0. The molecule has 4 heteroatoms.